The van der Waals surface area contributed by atoms with Crippen molar-refractivity contribution in [2.24, 2.45) is 0 Å². The predicted molar refractivity (Wildman–Crippen MR) is 66.3 cm³/mol. The van der Waals surface area contributed by atoms with Crippen LogP contribution < -0.4 is 5.32 Å². The summed E-state index contributed by atoms with van der Waals surface area (Å²) >= 11 is 6.00. The largest absolute Gasteiger partial charge is 0.350 e. The summed E-state index contributed by atoms with van der Waals surface area (Å²) in [5, 5.41) is 2.51. The average Bonchev–Trinajstić information content (AvgIpc) is 2.09. The van der Waals surface area contributed by atoms with Crippen LogP contribution in [0.3, 0.4) is 0 Å². The van der Waals surface area contributed by atoms with Gasteiger partial charge in [-0.2, -0.15) is 0 Å². The van der Waals surface area contributed by atoms with Crippen molar-refractivity contribution in [3.63, 3.8) is 0 Å². The van der Waals surface area contributed by atoms with E-state index in [0.717, 1.165) is 12.8 Å². The van der Waals surface area contributed by atoms with Gasteiger partial charge in [-0.3, -0.25) is 4.79 Å². The van der Waals surface area contributed by atoms with Crippen molar-refractivity contribution in [2.45, 2.75) is 70.7 Å². The molecule has 0 saturated heterocycles. The van der Waals surface area contributed by atoms with Crippen LogP contribution in [0.2, 0.25) is 0 Å². The van der Waals surface area contributed by atoms with E-state index in [1.54, 1.807) is 0 Å². The molecule has 0 aromatic heterocycles. The molecule has 3 heteroatoms. The summed E-state index contributed by atoms with van der Waals surface area (Å²) in [6.07, 6.45) is 5.43. The molecule has 1 unspecified atom stereocenters. The molecule has 0 aromatic rings. The molecule has 0 aliphatic rings. The van der Waals surface area contributed by atoms with E-state index in [1.807, 2.05) is 20.8 Å². The van der Waals surface area contributed by atoms with Gasteiger partial charge in [0.1, 0.15) is 5.38 Å². The highest BCUT2D eigenvalue weighted by molar-refractivity contribution is 6.30. The maximum absolute atomic E-state index is 11.6. The Balaban J connectivity index is 3.70. The van der Waals surface area contributed by atoms with Crippen LogP contribution in [0.15, 0.2) is 0 Å². The van der Waals surface area contributed by atoms with Gasteiger partial charge in [0.2, 0.25) is 5.91 Å². The van der Waals surface area contributed by atoms with Gasteiger partial charge in [0.25, 0.3) is 0 Å². The van der Waals surface area contributed by atoms with Crippen molar-refractivity contribution < 1.29 is 4.79 Å². The van der Waals surface area contributed by atoms with Crippen LogP contribution in [0.5, 0.6) is 0 Å². The lowest BCUT2D eigenvalue weighted by molar-refractivity contribution is -0.122. The molecule has 1 amide bonds. The summed E-state index contributed by atoms with van der Waals surface area (Å²) < 4.78 is 0. The Labute approximate surface area is 98.8 Å². The molecule has 0 bridgehead atoms. The Morgan fingerprint density at radius 1 is 1.27 bits per heavy atom. The fourth-order valence-corrected chi connectivity index (χ4v) is 1.54. The van der Waals surface area contributed by atoms with Crippen LogP contribution in [-0.2, 0) is 4.79 Å². The first kappa shape index (κ1) is 14.8. The SMILES string of the molecule is CCCCCCC(Cl)C(=O)NC(C)(C)C. The Bertz CT molecular complexity index is 187. The van der Waals surface area contributed by atoms with E-state index in [0.29, 0.717) is 0 Å². The zero-order valence-electron chi connectivity index (χ0n) is 10.4. The average molecular weight is 234 g/mol. The number of amides is 1. The quantitative estimate of drug-likeness (QED) is 0.552. The smallest absolute Gasteiger partial charge is 0.238 e. The molecule has 1 N–H and O–H groups in total. The second-order valence-corrected chi connectivity index (χ2v) is 5.58. The number of alkyl halides is 1. The molecule has 90 valence electrons. The number of hydrogen-bond donors (Lipinski definition) is 1. The molecular weight excluding hydrogens is 210 g/mol. The van der Waals surface area contributed by atoms with Crippen LogP contribution in [0.4, 0.5) is 0 Å². The van der Waals surface area contributed by atoms with Gasteiger partial charge in [0, 0.05) is 5.54 Å². The molecule has 1 atom stereocenters. The number of carbonyl (C=O) groups excluding carboxylic acids is 1. The van der Waals surface area contributed by atoms with Gasteiger partial charge in [-0.15, -0.1) is 11.6 Å². The van der Waals surface area contributed by atoms with E-state index in [9.17, 15) is 4.79 Å². The van der Waals surface area contributed by atoms with E-state index < -0.39 is 0 Å². The van der Waals surface area contributed by atoms with Crippen molar-refractivity contribution in [1.82, 2.24) is 5.32 Å². The number of halogens is 1. The fraction of sp³-hybridized carbons (Fsp3) is 0.917. The maximum Gasteiger partial charge on any atom is 0.238 e. The zero-order chi connectivity index (χ0) is 11.9. The summed E-state index contributed by atoms with van der Waals surface area (Å²) in [4.78, 5) is 11.6. The zero-order valence-corrected chi connectivity index (χ0v) is 11.2. The van der Waals surface area contributed by atoms with Crippen LogP contribution in [0.1, 0.15) is 59.8 Å². The molecule has 0 spiro atoms. The lowest BCUT2D eigenvalue weighted by Crippen LogP contribution is -2.44. The van der Waals surface area contributed by atoms with E-state index in [1.165, 1.54) is 19.3 Å². The van der Waals surface area contributed by atoms with Crippen molar-refractivity contribution in [1.29, 1.82) is 0 Å². The minimum absolute atomic E-state index is 0.0411. The van der Waals surface area contributed by atoms with Crippen LogP contribution in [0, 0.1) is 0 Å². The summed E-state index contributed by atoms with van der Waals surface area (Å²) in [5.74, 6) is -0.0411. The maximum atomic E-state index is 11.6. The highest BCUT2D eigenvalue weighted by Crippen LogP contribution is 2.11. The molecule has 0 aliphatic carbocycles. The third-order valence-electron chi connectivity index (χ3n) is 2.09. The van der Waals surface area contributed by atoms with Gasteiger partial charge in [-0.25, -0.2) is 0 Å². The summed E-state index contributed by atoms with van der Waals surface area (Å²) in [6.45, 7) is 8.06. The van der Waals surface area contributed by atoms with Crippen LogP contribution >= 0.6 is 11.6 Å². The summed E-state index contributed by atoms with van der Waals surface area (Å²) in [7, 11) is 0. The number of carbonyl (C=O) groups is 1. The van der Waals surface area contributed by atoms with Crippen LogP contribution in [0.25, 0.3) is 0 Å². The van der Waals surface area contributed by atoms with Crippen molar-refractivity contribution in [2.75, 3.05) is 0 Å². The van der Waals surface area contributed by atoms with E-state index in [4.69, 9.17) is 11.6 Å². The minimum atomic E-state index is -0.374. The normalized spacial score (nSPS) is 13.7. The van der Waals surface area contributed by atoms with Gasteiger partial charge in [-0.05, 0) is 27.2 Å². The second kappa shape index (κ2) is 7.10. The lowest BCUT2D eigenvalue weighted by atomic mass is 10.1. The molecule has 0 rings (SSSR count). The second-order valence-electron chi connectivity index (χ2n) is 5.06. The predicted octanol–water partition coefficient (Wildman–Crippen LogP) is 3.48. The molecular formula is C12H24ClNO. The molecule has 0 aromatic carbocycles. The van der Waals surface area contributed by atoms with E-state index in [2.05, 4.69) is 12.2 Å². The van der Waals surface area contributed by atoms with Crippen molar-refractivity contribution in [3.8, 4) is 0 Å². The highest BCUT2D eigenvalue weighted by Gasteiger charge is 2.20. The van der Waals surface area contributed by atoms with Gasteiger partial charge in [0.15, 0.2) is 0 Å². The number of hydrogen-bond acceptors (Lipinski definition) is 1. The monoisotopic (exact) mass is 233 g/mol. The number of rotatable bonds is 6. The minimum Gasteiger partial charge on any atom is -0.350 e. The third-order valence-corrected chi connectivity index (χ3v) is 2.51. The van der Waals surface area contributed by atoms with Gasteiger partial charge in [-0.1, -0.05) is 32.6 Å². The Morgan fingerprint density at radius 2 is 1.87 bits per heavy atom. The topological polar surface area (TPSA) is 29.1 Å². The molecule has 0 radical (unpaired) electrons. The number of unbranched alkanes of at least 4 members (excludes halogenated alkanes) is 3. The van der Waals surface area contributed by atoms with Crippen molar-refractivity contribution >= 4 is 17.5 Å². The van der Waals surface area contributed by atoms with Crippen molar-refractivity contribution in [3.05, 3.63) is 0 Å². The fourth-order valence-electron chi connectivity index (χ4n) is 1.33. The Morgan fingerprint density at radius 3 is 2.33 bits per heavy atom. The molecule has 2 nitrogen and oxygen atoms in total. The first-order chi connectivity index (χ1) is 6.87. The summed E-state index contributed by atoms with van der Waals surface area (Å²) in [5.41, 5.74) is -0.187. The molecule has 15 heavy (non-hydrogen) atoms. The van der Waals surface area contributed by atoms with Gasteiger partial charge >= 0.3 is 0 Å². The molecule has 0 fully saturated rings. The van der Waals surface area contributed by atoms with E-state index >= 15 is 0 Å². The molecule has 0 heterocycles. The van der Waals surface area contributed by atoms with Gasteiger partial charge in [0.05, 0.1) is 0 Å². The summed E-state index contributed by atoms with van der Waals surface area (Å²) in [6, 6.07) is 0. The number of nitrogens with one attached hydrogen (secondary N) is 1. The van der Waals surface area contributed by atoms with Gasteiger partial charge < -0.3 is 5.32 Å². The highest BCUT2D eigenvalue weighted by atomic mass is 35.5. The Kier molecular flexibility index (Phi) is 6.99. The molecule has 0 saturated carbocycles. The molecule has 0 aliphatic heterocycles. The standard InChI is InChI=1S/C12H24ClNO/c1-5-6-7-8-9-10(13)11(15)14-12(2,3)4/h10H,5-9H2,1-4H3,(H,14,15). The third kappa shape index (κ3) is 8.73. The van der Waals surface area contributed by atoms with E-state index in [-0.39, 0.29) is 16.8 Å². The van der Waals surface area contributed by atoms with Crippen LogP contribution in [-0.4, -0.2) is 16.8 Å². The first-order valence-electron chi connectivity index (χ1n) is 5.83. The Hall–Kier alpha value is -0.240. The lowest BCUT2D eigenvalue weighted by Gasteiger charge is -2.22. The first-order valence-corrected chi connectivity index (χ1v) is 6.26.